The predicted molar refractivity (Wildman–Crippen MR) is 88.4 cm³/mol. The van der Waals surface area contributed by atoms with Gasteiger partial charge < -0.3 is 5.11 Å². The number of aliphatic hydroxyl groups is 1. The number of aryl methyl sites for hydroxylation is 2. The molecule has 0 fully saturated rings. The lowest BCUT2D eigenvalue weighted by molar-refractivity contribution is -0.598. The van der Waals surface area contributed by atoms with Crippen LogP contribution in [0.15, 0.2) is 67.5 Å². The Kier molecular flexibility index (Phi) is 3.55. The van der Waals surface area contributed by atoms with E-state index in [1.807, 2.05) is 57.9 Å². The Balaban J connectivity index is 2.26. The van der Waals surface area contributed by atoms with E-state index in [1.165, 1.54) is 0 Å². The van der Waals surface area contributed by atoms with Crippen molar-refractivity contribution in [2.24, 2.45) is 0 Å². The molecule has 0 saturated carbocycles. The molecule has 0 aliphatic carbocycles. The molecule has 0 amide bonds. The lowest BCUT2D eigenvalue weighted by atomic mass is 10.2. The predicted octanol–water partition coefficient (Wildman–Crippen LogP) is 3.90. The van der Waals surface area contributed by atoms with Crippen molar-refractivity contribution < 1.29 is 9.67 Å². The molecular weight excluding hydrogens is 272 g/mol. The lowest BCUT2D eigenvalue weighted by Gasteiger charge is -2.07. The molecule has 3 nitrogen and oxygen atoms in total. The van der Waals surface area contributed by atoms with Crippen LogP contribution < -0.4 is 4.57 Å². The maximum absolute atomic E-state index is 10.1. The number of nitrogens with zero attached hydrogens (tertiary/aromatic N) is 2. The van der Waals surface area contributed by atoms with Crippen LogP contribution in [0.1, 0.15) is 17.0 Å². The number of benzene rings is 2. The molecule has 0 atom stereocenters. The number of aromatic nitrogens is 2. The van der Waals surface area contributed by atoms with Crippen molar-refractivity contribution in [3.63, 3.8) is 0 Å². The molecule has 3 heteroatoms. The second-order valence-corrected chi connectivity index (χ2v) is 5.38. The molecule has 1 aromatic heterocycles. The highest BCUT2D eigenvalue weighted by Gasteiger charge is 2.24. The highest BCUT2D eigenvalue weighted by molar-refractivity contribution is 5.52. The van der Waals surface area contributed by atoms with Crippen LogP contribution >= 0.6 is 0 Å². The fourth-order valence-electron chi connectivity index (χ4n) is 2.72. The Bertz CT molecular complexity index is 783. The molecule has 3 rings (SSSR count). The molecule has 110 valence electrons. The topological polar surface area (TPSA) is 29.0 Å². The largest absolute Gasteiger partial charge is 0.502 e. The number of hydrogen-bond donors (Lipinski definition) is 1. The van der Waals surface area contributed by atoms with Gasteiger partial charge in [0.25, 0.3) is 0 Å². The molecule has 1 N–H and O–H groups in total. The molecule has 2 aromatic carbocycles. The van der Waals surface area contributed by atoms with Crippen LogP contribution in [0.2, 0.25) is 0 Å². The van der Waals surface area contributed by atoms with Crippen molar-refractivity contribution in [3.8, 4) is 11.4 Å². The van der Waals surface area contributed by atoms with E-state index < -0.39 is 0 Å². The fourth-order valence-corrected chi connectivity index (χ4v) is 2.72. The van der Waals surface area contributed by atoms with E-state index in [0.29, 0.717) is 5.82 Å². The van der Waals surface area contributed by atoms with Gasteiger partial charge in [-0.3, -0.25) is 0 Å². The van der Waals surface area contributed by atoms with Crippen LogP contribution in [0, 0.1) is 13.8 Å². The van der Waals surface area contributed by atoms with Crippen molar-refractivity contribution in [2.75, 3.05) is 0 Å². The van der Waals surface area contributed by atoms with Crippen LogP contribution in [0.25, 0.3) is 17.1 Å². The summed E-state index contributed by atoms with van der Waals surface area (Å²) in [5.41, 5.74) is 4.33. The zero-order valence-corrected chi connectivity index (χ0v) is 12.8. The fraction of sp³-hybridized carbons (Fsp3) is 0.105. The van der Waals surface area contributed by atoms with Gasteiger partial charge in [0, 0.05) is 0 Å². The molecule has 1 heterocycles. The summed E-state index contributed by atoms with van der Waals surface area (Å²) in [4.78, 5) is 0. The molecule has 3 aromatic rings. The molecule has 0 radical (unpaired) electrons. The summed E-state index contributed by atoms with van der Waals surface area (Å²) in [5, 5.41) is 10.1. The second-order valence-electron chi connectivity index (χ2n) is 5.38. The van der Waals surface area contributed by atoms with Crippen molar-refractivity contribution in [2.45, 2.75) is 13.8 Å². The van der Waals surface area contributed by atoms with Gasteiger partial charge in [-0.25, -0.2) is 0 Å². The van der Waals surface area contributed by atoms with E-state index in [-0.39, 0.29) is 5.76 Å². The first-order valence-electron chi connectivity index (χ1n) is 7.23. The van der Waals surface area contributed by atoms with Crippen LogP contribution in [0.5, 0.6) is 0 Å². The molecule has 0 unspecified atom stereocenters. The van der Waals surface area contributed by atoms with Gasteiger partial charge in [-0.1, -0.05) is 36.4 Å². The molecular formula is C19H19N2O+. The van der Waals surface area contributed by atoms with Gasteiger partial charge in [-0.05, 0) is 43.7 Å². The van der Waals surface area contributed by atoms with Crippen LogP contribution in [0.3, 0.4) is 0 Å². The van der Waals surface area contributed by atoms with Gasteiger partial charge in [0.05, 0.1) is 0 Å². The Labute approximate surface area is 130 Å². The smallest absolute Gasteiger partial charge is 0.334 e. The summed E-state index contributed by atoms with van der Waals surface area (Å²) in [5.74, 6) is 0.695. The summed E-state index contributed by atoms with van der Waals surface area (Å²) < 4.78 is 3.92. The Hall–Kier alpha value is -2.81. The maximum Gasteiger partial charge on any atom is 0.334 e. The van der Waals surface area contributed by atoms with Crippen LogP contribution in [-0.4, -0.2) is 9.67 Å². The van der Waals surface area contributed by atoms with E-state index in [1.54, 1.807) is 0 Å². The number of imidazole rings is 1. The minimum Gasteiger partial charge on any atom is -0.502 e. The highest BCUT2D eigenvalue weighted by Crippen LogP contribution is 2.19. The van der Waals surface area contributed by atoms with Gasteiger partial charge in [0.1, 0.15) is 23.8 Å². The zero-order chi connectivity index (χ0) is 15.7. The second kappa shape index (κ2) is 5.53. The summed E-state index contributed by atoms with van der Waals surface area (Å²) in [6.07, 6.45) is 3.90. The first-order chi connectivity index (χ1) is 10.6. The molecule has 22 heavy (non-hydrogen) atoms. The number of para-hydroxylation sites is 2. The molecule has 0 bridgehead atoms. The van der Waals surface area contributed by atoms with Crippen molar-refractivity contribution in [1.29, 1.82) is 0 Å². The molecule has 0 aliphatic heterocycles. The Morgan fingerprint density at radius 3 is 2.27 bits per heavy atom. The molecule has 0 aliphatic rings. The van der Waals surface area contributed by atoms with Gasteiger partial charge >= 0.3 is 5.82 Å². The maximum atomic E-state index is 10.1. The minimum absolute atomic E-state index is 0.0384. The molecule has 0 saturated heterocycles. The third-order valence-electron chi connectivity index (χ3n) is 3.83. The van der Waals surface area contributed by atoms with E-state index in [0.717, 1.165) is 22.5 Å². The van der Waals surface area contributed by atoms with E-state index >= 15 is 0 Å². The van der Waals surface area contributed by atoms with Gasteiger partial charge in [0.15, 0.2) is 5.76 Å². The third-order valence-corrected chi connectivity index (χ3v) is 3.83. The average Bonchev–Trinajstić information content (AvgIpc) is 2.93. The number of aliphatic hydroxyl groups excluding tert-OH is 1. The molecule has 0 spiro atoms. The highest BCUT2D eigenvalue weighted by atomic mass is 16.3. The zero-order valence-electron chi connectivity index (χ0n) is 12.8. The first kappa shape index (κ1) is 14.1. The van der Waals surface area contributed by atoms with Crippen molar-refractivity contribution in [3.05, 3.63) is 84.5 Å². The normalized spacial score (nSPS) is 10.6. The lowest BCUT2D eigenvalue weighted by Crippen LogP contribution is -2.34. The monoisotopic (exact) mass is 291 g/mol. The minimum atomic E-state index is 0.0384. The summed E-state index contributed by atoms with van der Waals surface area (Å²) in [6, 6.07) is 16.2. The number of rotatable bonds is 3. The van der Waals surface area contributed by atoms with Gasteiger partial charge in [0.2, 0.25) is 0 Å². The van der Waals surface area contributed by atoms with E-state index in [9.17, 15) is 5.11 Å². The quantitative estimate of drug-likeness (QED) is 0.575. The Morgan fingerprint density at radius 1 is 1.00 bits per heavy atom. The van der Waals surface area contributed by atoms with E-state index in [2.05, 4.69) is 32.6 Å². The van der Waals surface area contributed by atoms with Crippen molar-refractivity contribution in [1.82, 2.24) is 4.57 Å². The average molecular weight is 291 g/mol. The van der Waals surface area contributed by atoms with Crippen LogP contribution in [0.4, 0.5) is 0 Å². The summed E-state index contributed by atoms with van der Waals surface area (Å²) in [7, 11) is 0. The number of hydrogen-bond acceptors (Lipinski definition) is 1. The van der Waals surface area contributed by atoms with Gasteiger partial charge in [-0.15, -0.1) is 0 Å². The first-order valence-corrected chi connectivity index (χ1v) is 7.23. The third kappa shape index (κ3) is 2.31. The Morgan fingerprint density at radius 2 is 1.64 bits per heavy atom. The summed E-state index contributed by atoms with van der Waals surface area (Å²) >= 11 is 0. The van der Waals surface area contributed by atoms with Crippen LogP contribution in [-0.2, 0) is 0 Å². The summed E-state index contributed by atoms with van der Waals surface area (Å²) in [6.45, 7) is 7.85. The van der Waals surface area contributed by atoms with Crippen molar-refractivity contribution >= 4 is 5.76 Å². The standard InChI is InChI=1S/C19H18N2O/c1-14-8-4-6-10-17(14)20-12-13-21(19(20)16(3)22)18-11-7-5-9-15(18)2/h4-13H,3H2,1-2H3/p+1. The SMILES string of the molecule is C=C(O)c1n(-c2ccccc2C)cc[n+]1-c1ccccc1C. The van der Waals surface area contributed by atoms with E-state index in [4.69, 9.17) is 0 Å². The van der Waals surface area contributed by atoms with Gasteiger partial charge in [-0.2, -0.15) is 9.13 Å².